The summed E-state index contributed by atoms with van der Waals surface area (Å²) in [5.41, 5.74) is 0. The molecule has 1 atom stereocenters. The summed E-state index contributed by atoms with van der Waals surface area (Å²) in [4.78, 5) is 10.5. The van der Waals surface area contributed by atoms with Gasteiger partial charge in [0.1, 0.15) is 11.9 Å². The number of carbonyl (C=O) groups is 1. The maximum absolute atomic E-state index is 10.5. The molecule has 1 heterocycles. The number of carboxylic acid groups (broad SMARTS) is 1. The molecule has 0 aliphatic carbocycles. The third-order valence-electron chi connectivity index (χ3n) is 1.76. The van der Waals surface area contributed by atoms with Crippen LogP contribution in [0.5, 0.6) is 0 Å². The van der Waals surface area contributed by atoms with Crippen LogP contribution < -0.4 is 0 Å². The Bertz CT molecular complexity index is 308. The largest absolute Gasteiger partial charge is 0.475 e. The summed E-state index contributed by atoms with van der Waals surface area (Å²) in [7, 11) is 0. The highest BCUT2D eigenvalue weighted by Crippen LogP contribution is 2.20. The number of furan rings is 1. The first kappa shape index (κ1) is 11.1. The minimum Gasteiger partial charge on any atom is -0.475 e. The first-order chi connectivity index (χ1) is 6.65. The van der Waals surface area contributed by atoms with E-state index in [1.165, 1.54) is 12.1 Å². The molecule has 0 saturated heterocycles. The van der Waals surface area contributed by atoms with E-state index in [0.29, 0.717) is 12.2 Å². The summed E-state index contributed by atoms with van der Waals surface area (Å²) >= 11 is 1.62. The van der Waals surface area contributed by atoms with E-state index in [4.69, 9.17) is 9.52 Å². The molecule has 0 radical (unpaired) electrons. The van der Waals surface area contributed by atoms with E-state index in [1.54, 1.807) is 11.8 Å². The Hall–Kier alpha value is -0.940. The molecule has 0 bridgehead atoms. The number of hydrogen-bond acceptors (Lipinski definition) is 4. The van der Waals surface area contributed by atoms with Gasteiger partial charge in [-0.25, -0.2) is 4.79 Å². The highest BCUT2D eigenvalue weighted by molar-refractivity contribution is 7.98. The number of aliphatic hydroxyl groups is 1. The molecule has 0 aliphatic rings. The van der Waals surface area contributed by atoms with Crippen molar-refractivity contribution in [3.63, 3.8) is 0 Å². The number of aromatic carboxylic acids is 1. The standard InChI is InChI=1S/C9H12O4S/c1-14-5-4-6(10)7-2-3-8(13-7)9(11)12/h2-3,6,10H,4-5H2,1H3,(H,11,12). The Morgan fingerprint density at radius 3 is 2.86 bits per heavy atom. The second-order valence-corrected chi connectivity index (χ2v) is 3.79. The van der Waals surface area contributed by atoms with Gasteiger partial charge >= 0.3 is 5.97 Å². The summed E-state index contributed by atoms with van der Waals surface area (Å²) in [6.07, 6.45) is 1.79. The Morgan fingerprint density at radius 1 is 1.64 bits per heavy atom. The van der Waals surface area contributed by atoms with Gasteiger partial charge in [0, 0.05) is 0 Å². The molecule has 4 nitrogen and oxygen atoms in total. The lowest BCUT2D eigenvalue weighted by atomic mass is 10.2. The van der Waals surface area contributed by atoms with Crippen LogP contribution in [0.1, 0.15) is 28.8 Å². The van der Waals surface area contributed by atoms with Crippen molar-refractivity contribution in [2.75, 3.05) is 12.0 Å². The molecule has 1 aromatic heterocycles. The topological polar surface area (TPSA) is 70.7 Å². The fourth-order valence-corrected chi connectivity index (χ4v) is 1.48. The van der Waals surface area contributed by atoms with Crippen molar-refractivity contribution >= 4 is 17.7 Å². The van der Waals surface area contributed by atoms with Gasteiger partial charge in [-0.05, 0) is 30.6 Å². The van der Waals surface area contributed by atoms with Crippen LogP contribution >= 0.6 is 11.8 Å². The highest BCUT2D eigenvalue weighted by Gasteiger charge is 2.14. The fraction of sp³-hybridized carbons (Fsp3) is 0.444. The predicted molar refractivity (Wildman–Crippen MR) is 53.6 cm³/mol. The Balaban J connectivity index is 2.61. The summed E-state index contributed by atoms with van der Waals surface area (Å²) in [6.45, 7) is 0. The zero-order valence-electron chi connectivity index (χ0n) is 7.77. The summed E-state index contributed by atoms with van der Waals surface area (Å²) < 4.78 is 4.95. The molecule has 0 spiro atoms. The zero-order valence-corrected chi connectivity index (χ0v) is 8.58. The van der Waals surface area contributed by atoms with Crippen molar-refractivity contribution in [1.82, 2.24) is 0 Å². The van der Waals surface area contributed by atoms with Crippen LogP contribution in [0.2, 0.25) is 0 Å². The second kappa shape index (κ2) is 5.07. The average Bonchev–Trinajstić information content (AvgIpc) is 2.62. The normalized spacial score (nSPS) is 12.7. The van der Waals surface area contributed by atoms with E-state index in [9.17, 15) is 9.90 Å². The van der Waals surface area contributed by atoms with E-state index < -0.39 is 12.1 Å². The van der Waals surface area contributed by atoms with E-state index in [1.807, 2.05) is 6.26 Å². The minimum absolute atomic E-state index is 0.136. The van der Waals surface area contributed by atoms with Crippen molar-refractivity contribution in [2.24, 2.45) is 0 Å². The van der Waals surface area contributed by atoms with E-state index >= 15 is 0 Å². The molecular weight excluding hydrogens is 204 g/mol. The van der Waals surface area contributed by atoms with E-state index in [2.05, 4.69) is 0 Å². The third-order valence-corrected chi connectivity index (χ3v) is 2.41. The summed E-state index contributed by atoms with van der Waals surface area (Å²) in [6, 6.07) is 2.84. The zero-order chi connectivity index (χ0) is 10.6. The maximum atomic E-state index is 10.5. The van der Waals surface area contributed by atoms with Crippen molar-refractivity contribution in [3.05, 3.63) is 23.7 Å². The van der Waals surface area contributed by atoms with Gasteiger partial charge in [0.05, 0.1) is 0 Å². The number of hydrogen-bond donors (Lipinski definition) is 2. The first-order valence-corrected chi connectivity index (χ1v) is 5.54. The van der Waals surface area contributed by atoms with Gasteiger partial charge in [0.2, 0.25) is 5.76 Å². The smallest absolute Gasteiger partial charge is 0.371 e. The van der Waals surface area contributed by atoms with Crippen LogP contribution in [0.15, 0.2) is 16.5 Å². The molecule has 2 N–H and O–H groups in total. The van der Waals surface area contributed by atoms with Crippen LogP contribution in [0.25, 0.3) is 0 Å². The fourth-order valence-electron chi connectivity index (χ4n) is 1.02. The molecule has 0 saturated carbocycles. The lowest BCUT2D eigenvalue weighted by Gasteiger charge is -2.05. The molecule has 1 unspecified atom stereocenters. The number of rotatable bonds is 5. The van der Waals surface area contributed by atoms with Crippen molar-refractivity contribution in [1.29, 1.82) is 0 Å². The minimum atomic E-state index is -1.12. The molecular formula is C9H12O4S. The maximum Gasteiger partial charge on any atom is 0.371 e. The third kappa shape index (κ3) is 2.78. The second-order valence-electron chi connectivity index (χ2n) is 2.80. The summed E-state index contributed by atoms with van der Waals surface area (Å²) in [5.74, 6) is -0.127. The molecule has 78 valence electrons. The predicted octanol–water partition coefficient (Wildman–Crippen LogP) is 1.76. The number of carboxylic acids is 1. The van der Waals surface area contributed by atoms with Crippen LogP contribution in [0, 0.1) is 0 Å². The van der Waals surface area contributed by atoms with Gasteiger partial charge in [-0.3, -0.25) is 0 Å². The van der Waals surface area contributed by atoms with Crippen molar-refractivity contribution in [2.45, 2.75) is 12.5 Å². The molecule has 0 amide bonds. The highest BCUT2D eigenvalue weighted by atomic mass is 32.2. The van der Waals surface area contributed by atoms with Gasteiger partial charge in [-0.1, -0.05) is 0 Å². The van der Waals surface area contributed by atoms with Gasteiger partial charge in [0.25, 0.3) is 0 Å². The Labute approximate surface area is 85.9 Å². The van der Waals surface area contributed by atoms with Crippen molar-refractivity contribution in [3.8, 4) is 0 Å². The van der Waals surface area contributed by atoms with Crippen molar-refractivity contribution < 1.29 is 19.4 Å². The number of aliphatic hydroxyl groups excluding tert-OH is 1. The van der Waals surface area contributed by atoms with E-state index in [-0.39, 0.29) is 5.76 Å². The van der Waals surface area contributed by atoms with Crippen LogP contribution in [-0.2, 0) is 0 Å². The lowest BCUT2D eigenvalue weighted by molar-refractivity contribution is 0.0651. The quantitative estimate of drug-likeness (QED) is 0.784. The summed E-state index contributed by atoms with van der Waals surface area (Å²) in [5, 5.41) is 18.1. The first-order valence-electron chi connectivity index (χ1n) is 4.15. The molecule has 0 aromatic carbocycles. The molecule has 14 heavy (non-hydrogen) atoms. The molecule has 5 heteroatoms. The Kier molecular flexibility index (Phi) is 4.03. The van der Waals surface area contributed by atoms with Crippen LogP contribution in [0.3, 0.4) is 0 Å². The number of thioether (sulfide) groups is 1. The van der Waals surface area contributed by atoms with Crippen LogP contribution in [0.4, 0.5) is 0 Å². The SMILES string of the molecule is CSCCC(O)c1ccc(C(=O)O)o1. The lowest BCUT2D eigenvalue weighted by Crippen LogP contribution is -1.97. The Morgan fingerprint density at radius 2 is 2.36 bits per heavy atom. The van der Waals surface area contributed by atoms with Gasteiger partial charge in [-0.15, -0.1) is 0 Å². The molecule has 0 fully saturated rings. The van der Waals surface area contributed by atoms with Crippen LogP contribution in [-0.4, -0.2) is 28.2 Å². The molecule has 0 aliphatic heterocycles. The van der Waals surface area contributed by atoms with Gasteiger partial charge in [0.15, 0.2) is 0 Å². The van der Waals surface area contributed by atoms with Gasteiger partial charge in [-0.2, -0.15) is 11.8 Å². The molecule has 1 rings (SSSR count). The average molecular weight is 216 g/mol. The van der Waals surface area contributed by atoms with Gasteiger partial charge < -0.3 is 14.6 Å². The molecule has 1 aromatic rings. The monoisotopic (exact) mass is 216 g/mol. The van der Waals surface area contributed by atoms with E-state index in [0.717, 1.165) is 5.75 Å².